The minimum atomic E-state index is -0.593. The zero-order chi connectivity index (χ0) is 43.0. The Morgan fingerprint density at radius 2 is 1.60 bits per heavy atom. The van der Waals surface area contributed by atoms with Crippen LogP contribution in [0.5, 0.6) is 11.5 Å². The van der Waals surface area contributed by atoms with Crippen molar-refractivity contribution < 1.29 is 23.9 Å². The normalized spacial score (nSPS) is 21.5. The summed E-state index contributed by atoms with van der Waals surface area (Å²) >= 11 is 0. The number of ether oxygens (including phenoxy) is 1. The van der Waals surface area contributed by atoms with Crippen molar-refractivity contribution in [2.24, 2.45) is 5.92 Å². The van der Waals surface area contributed by atoms with Crippen LogP contribution in [0.2, 0.25) is 0 Å². The summed E-state index contributed by atoms with van der Waals surface area (Å²) < 4.78 is 7.97. The van der Waals surface area contributed by atoms with Crippen LogP contribution >= 0.6 is 0 Å². The molecule has 2 unspecified atom stereocenters. The van der Waals surface area contributed by atoms with Crippen LogP contribution in [0.1, 0.15) is 91.2 Å². The molecule has 0 radical (unpaired) electrons. The third-order valence-corrected chi connectivity index (χ3v) is 14.0. The van der Waals surface area contributed by atoms with Crippen molar-refractivity contribution >= 4 is 40.6 Å². The number of fused-ring (bicyclic) bond motifs is 2. The first-order valence-corrected chi connectivity index (χ1v) is 22.6. The summed E-state index contributed by atoms with van der Waals surface area (Å²) in [5, 5.41) is 8.19. The van der Waals surface area contributed by atoms with E-state index < -0.39 is 6.04 Å². The highest BCUT2D eigenvalue weighted by atomic mass is 16.5. The summed E-state index contributed by atoms with van der Waals surface area (Å²) in [5.74, 6) is 2.12. The van der Waals surface area contributed by atoms with Crippen LogP contribution in [0.15, 0.2) is 79.1 Å². The van der Waals surface area contributed by atoms with E-state index in [0.717, 1.165) is 107 Å². The van der Waals surface area contributed by atoms with Gasteiger partial charge in [0.15, 0.2) is 5.65 Å². The Balaban J connectivity index is 0.700. The van der Waals surface area contributed by atoms with Crippen molar-refractivity contribution in [1.82, 2.24) is 44.7 Å². The van der Waals surface area contributed by atoms with Gasteiger partial charge in [-0.05, 0) is 136 Å². The number of piperidine rings is 4. The minimum Gasteiger partial charge on any atom is -0.457 e. The maximum absolute atomic E-state index is 14.0. The van der Waals surface area contributed by atoms with E-state index in [1.54, 1.807) is 4.90 Å². The molecule has 5 aliphatic heterocycles. The van der Waals surface area contributed by atoms with E-state index in [9.17, 15) is 19.2 Å². The lowest BCUT2D eigenvalue weighted by molar-refractivity contribution is -0.136. The van der Waals surface area contributed by atoms with Crippen molar-refractivity contribution in [3.8, 4) is 22.8 Å². The van der Waals surface area contributed by atoms with Gasteiger partial charge < -0.3 is 30.1 Å². The second kappa shape index (κ2) is 17.4. The molecule has 15 nitrogen and oxygen atoms in total. The number of likely N-dealkylation sites (tertiary alicyclic amines) is 3. The molecular weight excluding hydrogens is 797 g/mol. The number of nitrogens with two attached hydrogens (primary N) is 1. The summed E-state index contributed by atoms with van der Waals surface area (Å²) in [4.78, 5) is 68.5. The number of hydrogen-bond donors (Lipinski definition) is 2. The molecule has 0 spiro atoms. The Bertz CT molecular complexity index is 2510. The monoisotopic (exact) mass is 850 g/mol. The van der Waals surface area contributed by atoms with Crippen LogP contribution in [-0.4, -0.2) is 115 Å². The van der Waals surface area contributed by atoms with Crippen molar-refractivity contribution in [3.05, 3.63) is 95.8 Å². The molecule has 326 valence electrons. The average Bonchev–Trinajstić information content (AvgIpc) is 3.87. The summed E-state index contributed by atoms with van der Waals surface area (Å²) in [6, 6.07) is 23.1. The van der Waals surface area contributed by atoms with Crippen LogP contribution < -0.4 is 15.8 Å². The molecule has 0 saturated carbocycles. The van der Waals surface area contributed by atoms with Crippen molar-refractivity contribution in [1.29, 1.82) is 0 Å². The Labute approximate surface area is 366 Å². The number of nitrogen functional groups attached to an aromatic ring is 1. The number of nitrogens with one attached hydrogen (secondary N) is 1. The van der Waals surface area contributed by atoms with Gasteiger partial charge in [0.05, 0.1) is 11.4 Å². The number of amides is 5. The summed E-state index contributed by atoms with van der Waals surface area (Å²) in [6.07, 6.45) is 9.18. The molecule has 3 N–H and O–H groups in total. The number of carbonyl (C=O) groups excluding carboxylic acids is 4. The Morgan fingerprint density at radius 1 is 0.825 bits per heavy atom. The Kier molecular flexibility index (Phi) is 11.3. The Hall–Kier alpha value is -6.35. The zero-order valence-electron chi connectivity index (χ0n) is 35.5. The number of nitrogens with zero attached hydrogens (tertiary/aromatic N) is 8. The largest absolute Gasteiger partial charge is 0.457 e. The molecule has 5 aromatic rings. The molecule has 2 aromatic heterocycles. The molecule has 4 fully saturated rings. The quantitative estimate of drug-likeness (QED) is 0.159. The summed E-state index contributed by atoms with van der Waals surface area (Å²) in [5.41, 5.74) is 11.6. The number of hydrogen-bond acceptors (Lipinski definition) is 10. The van der Waals surface area contributed by atoms with Gasteiger partial charge in [0.1, 0.15) is 35.4 Å². The Morgan fingerprint density at radius 3 is 2.38 bits per heavy atom. The van der Waals surface area contributed by atoms with Crippen molar-refractivity contribution in [3.63, 3.8) is 0 Å². The number of urea groups is 1. The van der Waals surface area contributed by atoms with Gasteiger partial charge in [-0.1, -0.05) is 30.3 Å². The fourth-order valence-electron chi connectivity index (χ4n) is 10.4. The van der Waals surface area contributed by atoms with Crippen LogP contribution in [0.3, 0.4) is 0 Å². The van der Waals surface area contributed by atoms with Gasteiger partial charge in [-0.25, -0.2) is 19.4 Å². The maximum atomic E-state index is 14.0. The van der Waals surface area contributed by atoms with Crippen LogP contribution in [0, 0.1) is 5.92 Å². The predicted octanol–water partition coefficient (Wildman–Crippen LogP) is 6.37. The molecule has 0 bridgehead atoms. The number of rotatable bonds is 9. The van der Waals surface area contributed by atoms with Gasteiger partial charge in [0.2, 0.25) is 11.8 Å². The molecule has 10 rings (SSSR count). The van der Waals surface area contributed by atoms with Gasteiger partial charge in [0, 0.05) is 50.3 Å². The third-order valence-electron chi connectivity index (χ3n) is 14.0. The fraction of sp³-hybridized carbons (Fsp3) is 0.438. The minimum absolute atomic E-state index is 0.0436. The van der Waals surface area contributed by atoms with E-state index in [0.29, 0.717) is 59.5 Å². The van der Waals surface area contributed by atoms with Crippen LogP contribution in [0.4, 0.5) is 10.6 Å². The summed E-state index contributed by atoms with van der Waals surface area (Å²) in [6.45, 7) is 6.39. The van der Waals surface area contributed by atoms with Crippen molar-refractivity contribution in [2.45, 2.75) is 82.3 Å². The standard InChI is InChI=1S/C48H54N10O5/c49-44-42-43(33-8-11-38(12-9-33)63-37-6-2-1-3-7-37)53-58(45(42)51-30-50-44)36-5-4-21-56(29-36)48(62)55-25-17-31(18-26-55)16-22-54-23-19-32(20-24-54)34-10-13-39-35(27-34)28-57(47(39)61)40-14-15-41(59)52-46(40)60/h1-3,6-13,27,30-32,36,40H,4-5,14-26,28-29H2,(H2,49,50,51)(H,52,59,60). The van der Waals surface area contributed by atoms with Crippen molar-refractivity contribution in [2.75, 3.05) is 51.5 Å². The molecule has 0 aliphatic carbocycles. The smallest absolute Gasteiger partial charge is 0.320 e. The number of aromatic nitrogens is 4. The molecule has 63 heavy (non-hydrogen) atoms. The zero-order valence-corrected chi connectivity index (χ0v) is 35.5. The molecule has 5 amide bonds. The van der Waals surface area contributed by atoms with Gasteiger partial charge in [0.25, 0.3) is 5.91 Å². The first-order chi connectivity index (χ1) is 30.8. The molecule has 5 aliphatic rings. The number of para-hydroxylation sites is 1. The van der Waals surface area contributed by atoms with E-state index in [4.69, 9.17) is 15.6 Å². The fourth-order valence-corrected chi connectivity index (χ4v) is 10.4. The average molecular weight is 851 g/mol. The highest BCUT2D eigenvalue weighted by Crippen LogP contribution is 2.37. The van der Waals surface area contributed by atoms with E-state index in [2.05, 4.69) is 32.3 Å². The topological polar surface area (TPSA) is 172 Å². The highest BCUT2D eigenvalue weighted by Gasteiger charge is 2.40. The van der Waals surface area contributed by atoms with Crippen LogP contribution in [0.25, 0.3) is 22.3 Å². The molecule has 3 aromatic carbocycles. The first kappa shape index (κ1) is 40.7. The second-order valence-electron chi connectivity index (χ2n) is 17.9. The summed E-state index contributed by atoms with van der Waals surface area (Å²) in [7, 11) is 0. The maximum Gasteiger partial charge on any atom is 0.320 e. The lowest BCUT2D eigenvalue weighted by Crippen LogP contribution is -2.52. The highest BCUT2D eigenvalue weighted by molar-refractivity contribution is 6.05. The number of anilines is 1. The van der Waals surface area contributed by atoms with Gasteiger partial charge in [-0.15, -0.1) is 0 Å². The number of benzene rings is 3. The predicted molar refractivity (Wildman–Crippen MR) is 237 cm³/mol. The van der Waals surface area contributed by atoms with Gasteiger partial charge in [-0.2, -0.15) is 5.10 Å². The lowest BCUT2D eigenvalue weighted by Gasteiger charge is -2.39. The van der Waals surface area contributed by atoms with Gasteiger partial charge in [-0.3, -0.25) is 19.7 Å². The molecule has 4 saturated heterocycles. The molecule has 7 heterocycles. The van der Waals surface area contributed by atoms with Gasteiger partial charge >= 0.3 is 6.03 Å². The first-order valence-electron chi connectivity index (χ1n) is 22.6. The second-order valence-corrected chi connectivity index (χ2v) is 17.9. The molecule has 15 heteroatoms. The molecular formula is C48H54N10O5. The SMILES string of the molecule is Nc1ncnc2c1c(-c1ccc(Oc3ccccc3)cc1)nn2C1CCCN(C(=O)N2CCC(CCN3CCC(c4ccc5c(c4)CN(C4CCC(=O)NC4=O)C5=O)CC3)CC2)C1. The van der Waals surface area contributed by atoms with E-state index in [-0.39, 0.29) is 36.2 Å². The molecule has 2 atom stereocenters. The number of carbonyl (C=O) groups is 4. The lowest BCUT2D eigenvalue weighted by atomic mass is 9.87. The van der Waals surface area contributed by atoms with E-state index in [1.807, 2.05) is 75.1 Å². The number of imide groups is 1. The third kappa shape index (κ3) is 8.33. The van der Waals surface area contributed by atoms with Crippen LogP contribution in [-0.2, 0) is 16.1 Å². The van der Waals surface area contributed by atoms with E-state index in [1.165, 1.54) is 11.9 Å². The van der Waals surface area contributed by atoms with E-state index >= 15 is 0 Å².